The molecule has 0 saturated carbocycles. The molecule has 4 rings (SSSR count). The lowest BCUT2D eigenvalue weighted by Gasteiger charge is -2.08. The molecule has 2 aromatic heterocycles. The Morgan fingerprint density at radius 1 is 1.03 bits per heavy atom. The lowest BCUT2D eigenvalue weighted by Crippen LogP contribution is -2.15. The van der Waals surface area contributed by atoms with Gasteiger partial charge in [-0.3, -0.25) is 4.79 Å². The molecule has 0 fully saturated rings. The van der Waals surface area contributed by atoms with E-state index in [1.165, 1.54) is 12.1 Å². The highest BCUT2D eigenvalue weighted by molar-refractivity contribution is 7.90. The lowest BCUT2D eigenvalue weighted by atomic mass is 10.1. The van der Waals surface area contributed by atoms with Crippen molar-refractivity contribution in [3.05, 3.63) is 89.7 Å². The number of nitrogens with zero attached hydrogens (tertiary/aromatic N) is 2. The van der Waals surface area contributed by atoms with Crippen LogP contribution in [0.4, 0.5) is 5.82 Å². The molecule has 1 amide bonds. The molecule has 2 aromatic carbocycles. The van der Waals surface area contributed by atoms with Gasteiger partial charge < -0.3 is 9.73 Å². The van der Waals surface area contributed by atoms with Crippen LogP contribution in [0.3, 0.4) is 0 Å². The van der Waals surface area contributed by atoms with E-state index in [0.717, 1.165) is 28.6 Å². The number of rotatable bonds is 6. The van der Waals surface area contributed by atoms with E-state index in [1.54, 1.807) is 10.7 Å². The van der Waals surface area contributed by atoms with Crippen molar-refractivity contribution in [1.29, 1.82) is 0 Å². The second-order valence-electron chi connectivity index (χ2n) is 7.22. The van der Waals surface area contributed by atoms with E-state index >= 15 is 0 Å². The van der Waals surface area contributed by atoms with E-state index in [1.807, 2.05) is 61.5 Å². The van der Waals surface area contributed by atoms with Gasteiger partial charge >= 0.3 is 0 Å². The van der Waals surface area contributed by atoms with E-state index in [-0.39, 0.29) is 10.9 Å². The molecular weight excluding hydrogens is 414 g/mol. The third-order valence-corrected chi connectivity index (χ3v) is 5.74. The van der Waals surface area contributed by atoms with Gasteiger partial charge in [-0.1, -0.05) is 54.6 Å². The molecule has 1 N–H and O–H groups in total. The Kier molecular flexibility index (Phi) is 5.48. The van der Waals surface area contributed by atoms with Crippen LogP contribution in [0.2, 0.25) is 0 Å². The summed E-state index contributed by atoms with van der Waals surface area (Å²) in [5.74, 6) is -0.171. The number of aromatic nitrogens is 2. The van der Waals surface area contributed by atoms with Gasteiger partial charge in [0.2, 0.25) is 14.9 Å². The molecule has 0 atom stereocenters. The van der Waals surface area contributed by atoms with Crippen LogP contribution in [0.5, 0.6) is 0 Å². The highest BCUT2D eigenvalue weighted by Crippen LogP contribution is 2.26. The van der Waals surface area contributed by atoms with Crippen LogP contribution in [-0.4, -0.2) is 30.4 Å². The second kappa shape index (κ2) is 8.23. The maximum absolute atomic E-state index is 12.7. The van der Waals surface area contributed by atoms with Gasteiger partial charge in [-0.2, -0.15) is 5.10 Å². The van der Waals surface area contributed by atoms with Crippen LogP contribution in [0.25, 0.3) is 11.3 Å². The van der Waals surface area contributed by atoms with Gasteiger partial charge in [0.05, 0.1) is 12.2 Å². The van der Waals surface area contributed by atoms with Crippen LogP contribution < -0.4 is 5.32 Å². The van der Waals surface area contributed by atoms with Gasteiger partial charge in [0.25, 0.3) is 5.91 Å². The van der Waals surface area contributed by atoms with Gasteiger partial charge in [-0.05, 0) is 30.2 Å². The maximum atomic E-state index is 12.7. The summed E-state index contributed by atoms with van der Waals surface area (Å²) in [5.41, 5.74) is 3.77. The Morgan fingerprint density at radius 3 is 2.42 bits per heavy atom. The molecule has 0 spiro atoms. The third-order valence-electron chi connectivity index (χ3n) is 4.79. The minimum Gasteiger partial charge on any atom is -0.440 e. The predicted octanol–water partition coefficient (Wildman–Crippen LogP) is 4.16. The summed E-state index contributed by atoms with van der Waals surface area (Å²) in [6, 6.07) is 22.0. The number of carbonyl (C=O) groups excluding carboxylic acids is 1. The van der Waals surface area contributed by atoms with Crippen LogP contribution in [-0.2, 0) is 16.4 Å². The molecule has 0 saturated heterocycles. The fraction of sp³-hybridized carbons (Fsp3) is 0.130. The standard InChI is InChI=1S/C23H21N3O4S/c1-16-8-6-7-11-18(16)19-14-21(26(25-19)15-17-9-4-3-5-10-17)24-23(27)20-12-13-22(30-20)31(2,28)29/h3-14H,15H2,1-2H3,(H,24,27). The average molecular weight is 436 g/mol. The molecular formula is C23H21N3O4S. The number of sulfone groups is 1. The van der Waals surface area contributed by atoms with Gasteiger partial charge in [0.1, 0.15) is 5.82 Å². The van der Waals surface area contributed by atoms with E-state index in [9.17, 15) is 13.2 Å². The molecule has 0 aliphatic carbocycles. The first kappa shape index (κ1) is 20.6. The summed E-state index contributed by atoms with van der Waals surface area (Å²) in [4.78, 5) is 12.7. The fourth-order valence-corrected chi connectivity index (χ4v) is 3.76. The Hall–Kier alpha value is -3.65. The van der Waals surface area contributed by atoms with Crippen molar-refractivity contribution in [3.8, 4) is 11.3 Å². The van der Waals surface area contributed by atoms with Crippen molar-refractivity contribution in [2.24, 2.45) is 0 Å². The molecule has 4 aromatic rings. The maximum Gasteiger partial charge on any atom is 0.292 e. The third kappa shape index (κ3) is 4.59. The van der Waals surface area contributed by atoms with Crippen molar-refractivity contribution in [1.82, 2.24) is 9.78 Å². The van der Waals surface area contributed by atoms with E-state index in [4.69, 9.17) is 9.52 Å². The highest BCUT2D eigenvalue weighted by Gasteiger charge is 2.19. The highest BCUT2D eigenvalue weighted by atomic mass is 32.2. The summed E-state index contributed by atoms with van der Waals surface area (Å²) in [6.07, 6.45) is 1.02. The number of furan rings is 1. The molecule has 0 radical (unpaired) electrons. The zero-order chi connectivity index (χ0) is 22.0. The van der Waals surface area contributed by atoms with Crippen molar-refractivity contribution in [2.45, 2.75) is 18.6 Å². The topological polar surface area (TPSA) is 94.2 Å². The number of benzene rings is 2. The predicted molar refractivity (Wildman–Crippen MR) is 118 cm³/mol. The van der Waals surface area contributed by atoms with Crippen molar-refractivity contribution < 1.29 is 17.6 Å². The monoisotopic (exact) mass is 435 g/mol. The first-order chi connectivity index (χ1) is 14.8. The van der Waals surface area contributed by atoms with Crippen molar-refractivity contribution in [2.75, 3.05) is 11.6 Å². The normalized spacial score (nSPS) is 11.4. The molecule has 0 bridgehead atoms. The minimum absolute atomic E-state index is 0.0923. The Labute approximate surface area is 180 Å². The number of amides is 1. The van der Waals surface area contributed by atoms with Crippen LogP contribution in [0.1, 0.15) is 21.7 Å². The van der Waals surface area contributed by atoms with Crippen molar-refractivity contribution in [3.63, 3.8) is 0 Å². The smallest absolute Gasteiger partial charge is 0.292 e. The van der Waals surface area contributed by atoms with Gasteiger partial charge in [0, 0.05) is 17.9 Å². The van der Waals surface area contributed by atoms with E-state index in [2.05, 4.69) is 5.32 Å². The Morgan fingerprint density at radius 2 is 1.74 bits per heavy atom. The first-order valence-electron chi connectivity index (χ1n) is 9.60. The van der Waals surface area contributed by atoms with E-state index < -0.39 is 15.7 Å². The van der Waals surface area contributed by atoms with E-state index in [0.29, 0.717) is 12.4 Å². The molecule has 0 aliphatic heterocycles. The fourth-order valence-electron chi connectivity index (χ4n) is 3.21. The molecule has 7 nitrogen and oxygen atoms in total. The first-order valence-corrected chi connectivity index (χ1v) is 11.5. The summed E-state index contributed by atoms with van der Waals surface area (Å²) in [5, 5.41) is 7.24. The minimum atomic E-state index is -3.54. The molecule has 31 heavy (non-hydrogen) atoms. The number of hydrogen-bond donors (Lipinski definition) is 1. The van der Waals surface area contributed by atoms with Crippen molar-refractivity contribution >= 4 is 21.6 Å². The zero-order valence-corrected chi connectivity index (χ0v) is 17.9. The largest absolute Gasteiger partial charge is 0.440 e. The summed E-state index contributed by atoms with van der Waals surface area (Å²) < 4.78 is 30.2. The Bertz CT molecular complexity index is 1340. The average Bonchev–Trinajstić information content (AvgIpc) is 3.37. The lowest BCUT2D eigenvalue weighted by molar-refractivity contribution is 0.0990. The number of nitrogens with one attached hydrogen (secondary N) is 1. The van der Waals surface area contributed by atoms with Crippen LogP contribution in [0.15, 0.2) is 82.3 Å². The number of hydrogen-bond acceptors (Lipinski definition) is 5. The second-order valence-corrected chi connectivity index (χ2v) is 9.16. The number of carbonyl (C=O) groups is 1. The van der Waals surface area contributed by atoms with Crippen LogP contribution in [0, 0.1) is 6.92 Å². The quantitative estimate of drug-likeness (QED) is 0.491. The SMILES string of the molecule is Cc1ccccc1-c1cc(NC(=O)c2ccc(S(C)(=O)=O)o2)n(Cc2ccccc2)n1. The van der Waals surface area contributed by atoms with Gasteiger partial charge in [-0.15, -0.1) is 0 Å². The number of aryl methyl sites for hydroxylation is 1. The molecule has 2 heterocycles. The summed E-state index contributed by atoms with van der Waals surface area (Å²) in [7, 11) is -3.54. The molecule has 8 heteroatoms. The summed E-state index contributed by atoms with van der Waals surface area (Å²) in [6.45, 7) is 2.45. The zero-order valence-electron chi connectivity index (χ0n) is 17.1. The van der Waals surface area contributed by atoms with Gasteiger partial charge in [0.15, 0.2) is 5.76 Å². The summed E-state index contributed by atoms with van der Waals surface area (Å²) >= 11 is 0. The Balaban J connectivity index is 1.68. The van der Waals surface area contributed by atoms with Gasteiger partial charge in [-0.25, -0.2) is 13.1 Å². The molecule has 0 unspecified atom stereocenters. The number of anilines is 1. The molecule has 158 valence electrons. The molecule has 0 aliphatic rings. The van der Waals surface area contributed by atoms with Crippen LogP contribution >= 0.6 is 0 Å².